The van der Waals surface area contributed by atoms with Gasteiger partial charge in [0.1, 0.15) is 17.4 Å². The van der Waals surface area contributed by atoms with E-state index in [1.54, 1.807) is 25.1 Å². The van der Waals surface area contributed by atoms with Gasteiger partial charge in [-0.1, -0.05) is 51.7 Å². The molecule has 3 aliphatic rings. The van der Waals surface area contributed by atoms with Crippen LogP contribution in [-0.4, -0.2) is 28.2 Å². The predicted octanol–water partition coefficient (Wildman–Crippen LogP) is 5.19. The molecule has 6 nitrogen and oxygen atoms in total. The number of ketones is 2. The number of aryl methyl sites for hydroxylation is 1. The minimum Gasteiger partial charge on any atom is -0.507 e. The van der Waals surface area contributed by atoms with Crippen LogP contribution >= 0.6 is 0 Å². The molecule has 1 aliphatic carbocycles. The number of benzene rings is 1. The van der Waals surface area contributed by atoms with E-state index >= 15 is 0 Å². The quantitative estimate of drug-likeness (QED) is 0.324. The van der Waals surface area contributed by atoms with Crippen LogP contribution in [-0.2, 0) is 23.9 Å². The highest BCUT2D eigenvalue weighted by Gasteiger charge is 2.62. The van der Waals surface area contributed by atoms with Gasteiger partial charge in [-0.05, 0) is 49.6 Å². The number of hydrogen-bond donors (Lipinski definition) is 1. The Bertz CT molecular complexity index is 1100. The Morgan fingerprint density at radius 3 is 2.65 bits per heavy atom. The van der Waals surface area contributed by atoms with Gasteiger partial charge in [-0.15, -0.1) is 0 Å². The summed E-state index contributed by atoms with van der Waals surface area (Å²) in [5.41, 5.74) is 1.09. The fourth-order valence-electron chi connectivity index (χ4n) is 5.30. The maximum absolute atomic E-state index is 13.4. The first-order valence-corrected chi connectivity index (χ1v) is 12.1. The van der Waals surface area contributed by atoms with Crippen molar-refractivity contribution in [3.8, 4) is 5.75 Å². The lowest BCUT2D eigenvalue weighted by atomic mass is 9.66. The first kappa shape index (κ1) is 24.0. The van der Waals surface area contributed by atoms with Crippen molar-refractivity contribution in [2.75, 3.05) is 0 Å². The molecule has 6 heteroatoms. The van der Waals surface area contributed by atoms with Crippen molar-refractivity contribution < 1.29 is 29.0 Å². The van der Waals surface area contributed by atoms with Gasteiger partial charge in [-0.25, -0.2) is 0 Å². The number of allylic oxidation sites excluding steroid dienone is 2. The topological polar surface area (TPSA) is 89.9 Å². The maximum atomic E-state index is 13.4. The highest BCUT2D eigenvalue weighted by Crippen LogP contribution is 2.51. The third-order valence-electron chi connectivity index (χ3n) is 7.32. The Labute approximate surface area is 200 Å². The molecule has 4 atom stereocenters. The van der Waals surface area contributed by atoms with E-state index in [1.165, 1.54) is 12.3 Å². The highest BCUT2D eigenvalue weighted by atomic mass is 16.6. The molecule has 0 bridgehead atoms. The van der Waals surface area contributed by atoms with E-state index < -0.39 is 23.4 Å². The minimum atomic E-state index is -1.44. The second kappa shape index (κ2) is 9.24. The minimum absolute atomic E-state index is 0.0694. The summed E-state index contributed by atoms with van der Waals surface area (Å²) in [6.45, 7) is 7.42. The number of hydrogen-bond acceptors (Lipinski definition) is 6. The third kappa shape index (κ3) is 3.99. The number of fused-ring (bicyclic) bond motifs is 3. The van der Waals surface area contributed by atoms with Gasteiger partial charge in [0.2, 0.25) is 0 Å². The number of unbranched alkanes of at least 4 members (excludes halogenated alkanes) is 3. The zero-order chi connectivity index (χ0) is 24.6. The van der Waals surface area contributed by atoms with Crippen LogP contribution in [0.3, 0.4) is 0 Å². The van der Waals surface area contributed by atoms with Crippen LogP contribution < -0.4 is 0 Å². The fourth-order valence-corrected chi connectivity index (χ4v) is 5.30. The second-order valence-electron chi connectivity index (χ2n) is 9.77. The summed E-state index contributed by atoms with van der Waals surface area (Å²) in [6.07, 6.45) is 9.53. The van der Waals surface area contributed by atoms with Gasteiger partial charge < -0.3 is 14.6 Å². The summed E-state index contributed by atoms with van der Waals surface area (Å²) in [7, 11) is 0. The van der Waals surface area contributed by atoms with Crippen molar-refractivity contribution in [2.24, 2.45) is 17.8 Å². The van der Waals surface area contributed by atoms with Crippen molar-refractivity contribution in [3.63, 3.8) is 0 Å². The van der Waals surface area contributed by atoms with Crippen molar-refractivity contribution >= 4 is 23.3 Å². The Balaban J connectivity index is 1.65. The Kier molecular flexibility index (Phi) is 6.52. The fraction of sp³-hybridized carbons (Fsp3) is 0.464. The molecule has 1 N–H and O–H groups in total. The van der Waals surface area contributed by atoms with Gasteiger partial charge in [0.05, 0.1) is 17.7 Å². The molecule has 0 unspecified atom stereocenters. The molecule has 2 heterocycles. The molecule has 2 aliphatic heterocycles. The number of carbonyl (C=O) groups excluding carboxylic acids is 3. The molecule has 0 radical (unpaired) electrons. The van der Waals surface area contributed by atoms with E-state index in [0.717, 1.165) is 31.2 Å². The molecule has 1 aromatic rings. The summed E-state index contributed by atoms with van der Waals surface area (Å²) >= 11 is 0. The van der Waals surface area contributed by atoms with Crippen molar-refractivity contribution in [2.45, 2.75) is 65.4 Å². The lowest BCUT2D eigenvalue weighted by Crippen LogP contribution is -2.47. The van der Waals surface area contributed by atoms with Crippen LogP contribution in [0.4, 0.5) is 0 Å². The molecule has 34 heavy (non-hydrogen) atoms. The zero-order valence-corrected chi connectivity index (χ0v) is 20.2. The predicted molar refractivity (Wildman–Crippen MR) is 127 cm³/mol. The van der Waals surface area contributed by atoms with Crippen LogP contribution in [0.2, 0.25) is 0 Å². The van der Waals surface area contributed by atoms with Crippen LogP contribution in [0, 0.1) is 24.7 Å². The molecule has 1 saturated heterocycles. The van der Waals surface area contributed by atoms with E-state index in [0.29, 0.717) is 28.9 Å². The average molecular weight is 465 g/mol. The summed E-state index contributed by atoms with van der Waals surface area (Å²) < 4.78 is 11.5. The van der Waals surface area contributed by atoms with Gasteiger partial charge in [-0.3, -0.25) is 14.4 Å². The van der Waals surface area contributed by atoms with Gasteiger partial charge in [0, 0.05) is 11.5 Å². The maximum Gasteiger partial charge on any atom is 0.318 e. The molecule has 1 aromatic carbocycles. The summed E-state index contributed by atoms with van der Waals surface area (Å²) in [4.78, 5) is 39.5. The van der Waals surface area contributed by atoms with Crippen molar-refractivity contribution in [1.82, 2.24) is 0 Å². The van der Waals surface area contributed by atoms with E-state index in [9.17, 15) is 19.5 Å². The lowest BCUT2D eigenvalue weighted by Gasteiger charge is -2.36. The highest BCUT2D eigenvalue weighted by molar-refractivity contribution is 6.10. The molecule has 0 saturated carbocycles. The number of ether oxygens (including phenoxy) is 2. The summed E-state index contributed by atoms with van der Waals surface area (Å²) in [6, 6.07) is 5.17. The summed E-state index contributed by atoms with van der Waals surface area (Å²) in [5, 5.41) is 10.4. The van der Waals surface area contributed by atoms with Crippen LogP contribution in [0.5, 0.6) is 5.75 Å². The van der Waals surface area contributed by atoms with Gasteiger partial charge in [0.25, 0.3) is 0 Å². The molecule has 0 aromatic heterocycles. The molecular formula is C28H32O6. The normalized spacial score (nSPS) is 26.4. The first-order valence-electron chi connectivity index (χ1n) is 12.1. The van der Waals surface area contributed by atoms with Crippen LogP contribution in [0.25, 0.3) is 5.76 Å². The van der Waals surface area contributed by atoms with E-state index in [2.05, 4.69) is 6.92 Å². The van der Waals surface area contributed by atoms with E-state index in [1.807, 2.05) is 19.9 Å². The van der Waals surface area contributed by atoms with Crippen molar-refractivity contribution in [3.05, 3.63) is 58.9 Å². The number of phenols is 1. The number of esters is 1. The molecule has 1 fully saturated rings. The van der Waals surface area contributed by atoms with Crippen LogP contribution in [0.1, 0.15) is 64.0 Å². The third-order valence-corrected chi connectivity index (χ3v) is 7.32. The number of Topliss-reactive ketones (excluding diaryl/α,β-unsaturated/α-hetero) is 1. The lowest BCUT2D eigenvalue weighted by molar-refractivity contribution is -0.156. The zero-order valence-electron chi connectivity index (χ0n) is 20.2. The Morgan fingerprint density at radius 1 is 1.18 bits per heavy atom. The number of carbonyl (C=O) groups is 3. The Hall–Kier alpha value is -3.15. The van der Waals surface area contributed by atoms with Gasteiger partial charge in [0.15, 0.2) is 17.2 Å². The van der Waals surface area contributed by atoms with E-state index in [4.69, 9.17) is 9.47 Å². The standard InChI is InChI=1S/C28H32O6/c1-5-6-7-8-10-17(3)26(31)24-25-19-15-33-21(23-16(2)11-9-12-20(23)29)13-18(19)14-22(30)28(25,4)34-27(24)32/h9,11-15,17,24-25,29H,5-8,10H2,1-4H3/t17-,24-,25+,28-/m0/s1. The van der Waals surface area contributed by atoms with Crippen molar-refractivity contribution in [1.29, 1.82) is 0 Å². The van der Waals surface area contributed by atoms with Gasteiger partial charge >= 0.3 is 5.97 Å². The number of rotatable bonds is 8. The summed E-state index contributed by atoms with van der Waals surface area (Å²) in [5.74, 6) is -2.81. The SMILES string of the molecule is CCCCCC[C@H](C)C(=O)[C@H]1C(=O)O[C@@]2(C)C(=O)C=C3C=C(c4c(C)cccc4O)OC=C3[C@H]12. The first-order chi connectivity index (χ1) is 16.2. The number of phenolic OH excluding ortho intramolecular Hbond substituents is 1. The molecule has 0 amide bonds. The molecule has 4 rings (SSSR count). The van der Waals surface area contributed by atoms with Crippen LogP contribution in [0.15, 0.2) is 47.8 Å². The second-order valence-corrected chi connectivity index (χ2v) is 9.77. The molecule has 0 spiro atoms. The Morgan fingerprint density at radius 2 is 1.94 bits per heavy atom. The van der Waals surface area contributed by atoms with Gasteiger partial charge in [-0.2, -0.15) is 0 Å². The largest absolute Gasteiger partial charge is 0.507 e. The number of aromatic hydroxyl groups is 1. The average Bonchev–Trinajstić information content (AvgIpc) is 3.07. The smallest absolute Gasteiger partial charge is 0.318 e. The monoisotopic (exact) mass is 464 g/mol. The van der Waals surface area contributed by atoms with E-state index in [-0.39, 0.29) is 23.2 Å². The molecular weight excluding hydrogens is 432 g/mol. The molecule has 180 valence electrons.